The van der Waals surface area contributed by atoms with Crippen LogP contribution < -0.4 is 10.1 Å². The highest BCUT2D eigenvalue weighted by atomic mass is 32.1. The van der Waals surface area contributed by atoms with Crippen LogP contribution in [-0.2, 0) is 0 Å². The van der Waals surface area contributed by atoms with Crippen molar-refractivity contribution in [2.24, 2.45) is 11.8 Å². The van der Waals surface area contributed by atoms with Crippen LogP contribution in [0, 0.1) is 18.8 Å². The summed E-state index contributed by atoms with van der Waals surface area (Å²) >= 11 is 1.64. The summed E-state index contributed by atoms with van der Waals surface area (Å²) in [6, 6.07) is 8.01. The summed E-state index contributed by atoms with van der Waals surface area (Å²) in [5, 5.41) is 17.0. The van der Waals surface area contributed by atoms with Crippen molar-refractivity contribution in [1.82, 2.24) is 10.3 Å². The van der Waals surface area contributed by atoms with Gasteiger partial charge in [-0.15, -0.1) is 11.3 Å². The molecule has 2 aliphatic rings. The number of nitrogens with one attached hydrogen (secondary N) is 1. The van der Waals surface area contributed by atoms with Crippen LogP contribution in [0.25, 0.3) is 11.3 Å². The number of nitrogens with zero attached hydrogens (tertiary/aromatic N) is 1. The minimum atomic E-state index is -0.388. The molecular formula is C18H22N2O2S. The Labute approximate surface area is 140 Å². The molecule has 2 fully saturated rings. The maximum absolute atomic E-state index is 10.5. The summed E-state index contributed by atoms with van der Waals surface area (Å²) in [6.07, 6.45) is 1.24. The fraction of sp³-hybridized carbons (Fsp3) is 0.500. The van der Waals surface area contributed by atoms with Crippen molar-refractivity contribution in [2.75, 3.05) is 13.1 Å². The number of fused-ring (bicyclic) bond motifs is 1. The van der Waals surface area contributed by atoms with Gasteiger partial charge in [-0.05, 0) is 56.8 Å². The normalized spacial score (nSPS) is 30.2. The van der Waals surface area contributed by atoms with E-state index in [0.717, 1.165) is 47.9 Å². The van der Waals surface area contributed by atoms with Gasteiger partial charge in [0.05, 0.1) is 16.8 Å². The number of ether oxygens (including phenoxy) is 1. The molecule has 122 valence electrons. The van der Waals surface area contributed by atoms with Crippen LogP contribution in [0.1, 0.15) is 17.8 Å². The van der Waals surface area contributed by atoms with Gasteiger partial charge in [0.15, 0.2) is 0 Å². The second-order valence-corrected chi connectivity index (χ2v) is 7.68. The van der Waals surface area contributed by atoms with Crippen LogP contribution in [0.4, 0.5) is 0 Å². The molecule has 0 amide bonds. The molecule has 0 spiro atoms. The zero-order valence-electron chi connectivity index (χ0n) is 13.2. The van der Waals surface area contributed by atoms with E-state index < -0.39 is 0 Å². The highest BCUT2D eigenvalue weighted by Gasteiger charge is 2.40. The average molecular weight is 330 g/mol. The molecule has 1 saturated heterocycles. The first kappa shape index (κ1) is 15.1. The maximum Gasteiger partial charge on any atom is 0.129 e. The van der Waals surface area contributed by atoms with E-state index in [9.17, 15) is 5.11 Å². The van der Waals surface area contributed by atoms with E-state index in [0.29, 0.717) is 11.8 Å². The first-order chi connectivity index (χ1) is 11.2. The van der Waals surface area contributed by atoms with Crippen molar-refractivity contribution in [3.05, 3.63) is 34.7 Å². The van der Waals surface area contributed by atoms with Gasteiger partial charge in [-0.25, -0.2) is 4.98 Å². The van der Waals surface area contributed by atoms with Crippen LogP contribution in [0.2, 0.25) is 0 Å². The number of aromatic nitrogens is 1. The molecule has 2 heterocycles. The lowest BCUT2D eigenvalue weighted by Gasteiger charge is -2.35. The Morgan fingerprint density at radius 3 is 2.78 bits per heavy atom. The average Bonchev–Trinajstić information content (AvgIpc) is 3.17. The number of para-hydroxylation sites is 1. The SMILES string of the molecule is Cc1nc(-c2ccccc2O[C@@H]2C[C@@H]3CNC[C@@H]3C[C@H]2O)cs1. The molecule has 23 heavy (non-hydrogen) atoms. The third-order valence-electron chi connectivity index (χ3n) is 5.05. The predicted molar refractivity (Wildman–Crippen MR) is 91.8 cm³/mol. The fourth-order valence-electron chi connectivity index (χ4n) is 3.81. The fourth-order valence-corrected chi connectivity index (χ4v) is 4.43. The number of rotatable bonds is 3. The number of aliphatic hydroxyl groups excluding tert-OH is 1. The molecular weight excluding hydrogens is 308 g/mol. The van der Waals surface area contributed by atoms with Crippen LogP contribution in [0.15, 0.2) is 29.6 Å². The summed E-state index contributed by atoms with van der Waals surface area (Å²) in [6.45, 7) is 4.09. The largest absolute Gasteiger partial charge is 0.487 e. The predicted octanol–water partition coefficient (Wildman–Crippen LogP) is 2.86. The second-order valence-electron chi connectivity index (χ2n) is 6.62. The molecule has 1 saturated carbocycles. The Hall–Kier alpha value is -1.43. The van der Waals surface area contributed by atoms with E-state index >= 15 is 0 Å². The molecule has 4 rings (SSSR count). The first-order valence-electron chi connectivity index (χ1n) is 8.27. The highest BCUT2D eigenvalue weighted by molar-refractivity contribution is 7.09. The Morgan fingerprint density at radius 2 is 2.00 bits per heavy atom. The molecule has 1 aliphatic carbocycles. The van der Waals surface area contributed by atoms with Gasteiger partial charge in [0.1, 0.15) is 11.9 Å². The van der Waals surface area contributed by atoms with Crippen molar-refractivity contribution in [3.8, 4) is 17.0 Å². The van der Waals surface area contributed by atoms with Crippen molar-refractivity contribution < 1.29 is 9.84 Å². The Bertz CT molecular complexity index is 687. The summed E-state index contributed by atoms with van der Waals surface area (Å²) in [5.41, 5.74) is 1.96. The van der Waals surface area contributed by atoms with Gasteiger partial charge >= 0.3 is 0 Å². The number of hydrogen-bond donors (Lipinski definition) is 2. The summed E-state index contributed by atoms with van der Waals surface area (Å²) in [5.74, 6) is 2.05. The molecule has 1 aromatic heterocycles. The number of aryl methyl sites for hydroxylation is 1. The molecule has 4 nitrogen and oxygen atoms in total. The van der Waals surface area contributed by atoms with Gasteiger partial charge in [0.2, 0.25) is 0 Å². The number of thiazole rings is 1. The molecule has 2 aromatic rings. The highest BCUT2D eigenvalue weighted by Crippen LogP contribution is 2.37. The number of aliphatic hydroxyl groups is 1. The molecule has 1 aromatic carbocycles. The molecule has 2 N–H and O–H groups in total. The molecule has 0 radical (unpaired) electrons. The molecule has 1 aliphatic heterocycles. The third-order valence-corrected chi connectivity index (χ3v) is 5.82. The van der Waals surface area contributed by atoms with E-state index in [1.807, 2.05) is 31.2 Å². The quantitative estimate of drug-likeness (QED) is 0.909. The van der Waals surface area contributed by atoms with Gasteiger partial charge < -0.3 is 15.2 Å². The van der Waals surface area contributed by atoms with Crippen molar-refractivity contribution >= 4 is 11.3 Å². The van der Waals surface area contributed by atoms with E-state index in [4.69, 9.17) is 4.74 Å². The van der Waals surface area contributed by atoms with Gasteiger partial charge in [-0.1, -0.05) is 12.1 Å². The number of hydrogen-bond acceptors (Lipinski definition) is 5. The topological polar surface area (TPSA) is 54.4 Å². The lowest BCUT2D eigenvalue weighted by atomic mass is 9.78. The lowest BCUT2D eigenvalue weighted by molar-refractivity contribution is -0.0229. The summed E-state index contributed by atoms with van der Waals surface area (Å²) in [4.78, 5) is 4.57. The number of benzene rings is 1. The summed E-state index contributed by atoms with van der Waals surface area (Å²) in [7, 11) is 0. The van der Waals surface area contributed by atoms with Crippen molar-refractivity contribution in [2.45, 2.75) is 32.0 Å². The van der Waals surface area contributed by atoms with Gasteiger partial charge in [-0.3, -0.25) is 0 Å². The third kappa shape index (κ3) is 3.01. The maximum atomic E-state index is 10.5. The van der Waals surface area contributed by atoms with Crippen LogP contribution in [0.3, 0.4) is 0 Å². The van der Waals surface area contributed by atoms with E-state index in [1.54, 1.807) is 11.3 Å². The first-order valence-corrected chi connectivity index (χ1v) is 9.15. The standard InChI is InChI=1S/C18H22N2O2S/c1-11-20-15(10-23-11)14-4-2-3-5-17(14)22-18-7-13-9-19-8-12(13)6-16(18)21/h2-5,10,12-13,16,18-19,21H,6-9H2,1H3/t12-,13+,16+,18+/m0/s1. The van der Waals surface area contributed by atoms with E-state index in [-0.39, 0.29) is 12.2 Å². The summed E-state index contributed by atoms with van der Waals surface area (Å²) < 4.78 is 6.26. The van der Waals surface area contributed by atoms with Crippen molar-refractivity contribution in [3.63, 3.8) is 0 Å². The van der Waals surface area contributed by atoms with Gasteiger partial charge in [0.25, 0.3) is 0 Å². The van der Waals surface area contributed by atoms with Gasteiger partial charge in [-0.2, -0.15) is 0 Å². The minimum absolute atomic E-state index is 0.128. The molecule has 4 atom stereocenters. The van der Waals surface area contributed by atoms with Crippen LogP contribution in [0.5, 0.6) is 5.75 Å². The molecule has 0 bridgehead atoms. The minimum Gasteiger partial charge on any atom is -0.487 e. The monoisotopic (exact) mass is 330 g/mol. The van der Waals surface area contributed by atoms with Crippen molar-refractivity contribution in [1.29, 1.82) is 0 Å². The smallest absolute Gasteiger partial charge is 0.129 e. The molecule has 5 heteroatoms. The second kappa shape index (κ2) is 6.23. The lowest BCUT2D eigenvalue weighted by Crippen LogP contribution is -2.42. The van der Waals surface area contributed by atoms with Gasteiger partial charge in [0, 0.05) is 10.9 Å². The molecule has 0 unspecified atom stereocenters. The van der Waals surface area contributed by atoms with E-state index in [2.05, 4.69) is 15.7 Å². The zero-order chi connectivity index (χ0) is 15.8. The Kier molecular flexibility index (Phi) is 4.09. The Balaban J connectivity index is 1.57. The zero-order valence-corrected chi connectivity index (χ0v) is 14.1. The van der Waals surface area contributed by atoms with Crippen LogP contribution >= 0.6 is 11.3 Å². The van der Waals surface area contributed by atoms with Crippen LogP contribution in [-0.4, -0.2) is 35.4 Å². The Morgan fingerprint density at radius 1 is 1.22 bits per heavy atom. The van der Waals surface area contributed by atoms with E-state index in [1.165, 1.54) is 0 Å².